The van der Waals surface area contributed by atoms with E-state index in [1.807, 2.05) is 20.8 Å². The minimum absolute atomic E-state index is 0.109. The molecule has 1 heterocycles. The van der Waals surface area contributed by atoms with E-state index >= 15 is 0 Å². The van der Waals surface area contributed by atoms with Gasteiger partial charge in [0, 0.05) is 7.11 Å². The Morgan fingerprint density at radius 3 is 2.60 bits per heavy atom. The highest BCUT2D eigenvalue weighted by atomic mass is 16.5. The summed E-state index contributed by atoms with van der Waals surface area (Å²) in [5, 5.41) is 3.87. The second-order valence-corrected chi connectivity index (χ2v) is 3.89. The summed E-state index contributed by atoms with van der Waals surface area (Å²) < 4.78 is 10.3. The summed E-state index contributed by atoms with van der Waals surface area (Å²) in [7, 11) is 1.63. The molecule has 1 rings (SSSR count). The van der Waals surface area contributed by atoms with Crippen molar-refractivity contribution in [1.29, 1.82) is 0 Å². The van der Waals surface area contributed by atoms with Crippen LogP contribution in [0.2, 0.25) is 0 Å². The molecule has 0 aliphatic rings. The van der Waals surface area contributed by atoms with E-state index in [1.165, 1.54) is 0 Å². The lowest BCUT2D eigenvalue weighted by atomic mass is 10.1. The Kier molecular flexibility index (Phi) is 4.23. The third-order valence-electron chi connectivity index (χ3n) is 2.40. The zero-order chi connectivity index (χ0) is 11.4. The zero-order valence-corrected chi connectivity index (χ0v) is 9.73. The van der Waals surface area contributed by atoms with Gasteiger partial charge in [0.2, 0.25) is 11.7 Å². The van der Waals surface area contributed by atoms with Gasteiger partial charge in [0.1, 0.15) is 6.10 Å². The smallest absolute Gasteiger partial charge is 0.243 e. The van der Waals surface area contributed by atoms with Crippen molar-refractivity contribution in [3.8, 4) is 0 Å². The lowest BCUT2D eigenvalue weighted by molar-refractivity contribution is 0.0903. The zero-order valence-electron chi connectivity index (χ0n) is 9.73. The molecule has 5 nitrogen and oxygen atoms in total. The van der Waals surface area contributed by atoms with Crippen LogP contribution in [-0.4, -0.2) is 17.3 Å². The van der Waals surface area contributed by atoms with Crippen LogP contribution in [0.3, 0.4) is 0 Å². The summed E-state index contributed by atoms with van der Waals surface area (Å²) in [4.78, 5) is 4.25. The molecule has 5 heteroatoms. The van der Waals surface area contributed by atoms with Gasteiger partial charge in [0.15, 0.2) is 0 Å². The highest BCUT2D eigenvalue weighted by Gasteiger charge is 2.21. The summed E-state index contributed by atoms with van der Waals surface area (Å²) in [6.45, 7) is 6.04. The van der Waals surface area contributed by atoms with Crippen LogP contribution >= 0.6 is 0 Å². The maximum absolute atomic E-state index is 5.90. The van der Waals surface area contributed by atoms with Gasteiger partial charge in [0.05, 0.1) is 6.04 Å². The maximum Gasteiger partial charge on any atom is 0.243 e. The number of ether oxygens (including phenoxy) is 1. The molecule has 0 aromatic carbocycles. The molecule has 1 aromatic rings. The quantitative estimate of drug-likeness (QED) is 0.807. The van der Waals surface area contributed by atoms with Gasteiger partial charge >= 0.3 is 0 Å². The van der Waals surface area contributed by atoms with Gasteiger partial charge in [-0.3, -0.25) is 0 Å². The van der Waals surface area contributed by atoms with Crippen LogP contribution in [0.4, 0.5) is 0 Å². The van der Waals surface area contributed by atoms with E-state index in [4.69, 9.17) is 15.0 Å². The Hall–Kier alpha value is -0.940. The van der Waals surface area contributed by atoms with Crippen molar-refractivity contribution in [2.75, 3.05) is 7.11 Å². The molecule has 2 atom stereocenters. The largest absolute Gasteiger partial charge is 0.373 e. The van der Waals surface area contributed by atoms with Crippen molar-refractivity contribution in [3.05, 3.63) is 11.7 Å². The molecule has 0 aliphatic heterocycles. The van der Waals surface area contributed by atoms with Crippen LogP contribution < -0.4 is 5.73 Å². The Balaban J connectivity index is 2.79. The number of rotatable bonds is 5. The fourth-order valence-electron chi connectivity index (χ4n) is 1.25. The van der Waals surface area contributed by atoms with Crippen molar-refractivity contribution in [2.24, 2.45) is 11.7 Å². The Morgan fingerprint density at radius 2 is 2.13 bits per heavy atom. The van der Waals surface area contributed by atoms with Gasteiger partial charge in [-0.15, -0.1) is 0 Å². The third-order valence-corrected chi connectivity index (χ3v) is 2.40. The van der Waals surface area contributed by atoms with Crippen molar-refractivity contribution < 1.29 is 9.26 Å². The lowest BCUT2D eigenvalue weighted by Gasteiger charge is -2.09. The molecule has 0 amide bonds. The molecular formula is C10H19N3O2. The second-order valence-electron chi connectivity index (χ2n) is 3.89. The molecule has 0 bridgehead atoms. The molecule has 0 fully saturated rings. The van der Waals surface area contributed by atoms with Crippen molar-refractivity contribution in [3.63, 3.8) is 0 Å². The van der Waals surface area contributed by atoms with E-state index in [-0.39, 0.29) is 18.1 Å². The first-order valence-corrected chi connectivity index (χ1v) is 5.22. The van der Waals surface area contributed by atoms with Crippen molar-refractivity contribution in [2.45, 2.75) is 39.3 Å². The van der Waals surface area contributed by atoms with Crippen molar-refractivity contribution in [1.82, 2.24) is 10.1 Å². The van der Waals surface area contributed by atoms with E-state index in [2.05, 4.69) is 10.1 Å². The fourth-order valence-corrected chi connectivity index (χ4v) is 1.25. The third kappa shape index (κ3) is 2.76. The molecule has 0 saturated heterocycles. The normalized spacial score (nSPS) is 15.6. The van der Waals surface area contributed by atoms with Gasteiger partial charge in [-0.25, -0.2) is 0 Å². The minimum Gasteiger partial charge on any atom is -0.373 e. The minimum atomic E-state index is -0.208. The first-order chi connectivity index (χ1) is 7.10. The summed E-state index contributed by atoms with van der Waals surface area (Å²) in [6, 6.07) is -0.208. The molecule has 0 spiro atoms. The molecule has 0 aliphatic carbocycles. The van der Waals surface area contributed by atoms with Crippen LogP contribution in [0.5, 0.6) is 0 Å². The van der Waals surface area contributed by atoms with Gasteiger partial charge in [0.25, 0.3) is 0 Å². The molecule has 2 N–H and O–H groups in total. The van der Waals surface area contributed by atoms with E-state index in [1.54, 1.807) is 7.11 Å². The molecule has 86 valence electrons. The Bertz CT molecular complexity index is 278. The van der Waals surface area contributed by atoms with E-state index in [9.17, 15) is 0 Å². The van der Waals surface area contributed by atoms with Crippen LogP contribution in [-0.2, 0) is 4.74 Å². The molecule has 15 heavy (non-hydrogen) atoms. The summed E-state index contributed by atoms with van der Waals surface area (Å²) in [5.41, 5.74) is 5.90. The van der Waals surface area contributed by atoms with Gasteiger partial charge in [-0.2, -0.15) is 4.98 Å². The number of hydrogen-bond donors (Lipinski definition) is 1. The van der Waals surface area contributed by atoms with Crippen LogP contribution in [0.25, 0.3) is 0 Å². The SMILES string of the molecule is CCC(OC)c1noc([C@H](N)C(C)C)n1. The van der Waals surface area contributed by atoms with E-state index in [0.717, 1.165) is 6.42 Å². The van der Waals surface area contributed by atoms with Crippen LogP contribution in [0, 0.1) is 5.92 Å². The van der Waals surface area contributed by atoms with Gasteiger partial charge in [-0.1, -0.05) is 25.9 Å². The highest BCUT2D eigenvalue weighted by Crippen LogP contribution is 2.21. The number of nitrogens with two attached hydrogens (primary N) is 1. The molecular weight excluding hydrogens is 194 g/mol. The first-order valence-electron chi connectivity index (χ1n) is 5.22. The number of aromatic nitrogens is 2. The van der Waals surface area contributed by atoms with Crippen LogP contribution in [0.1, 0.15) is 51.1 Å². The van der Waals surface area contributed by atoms with Gasteiger partial charge < -0.3 is 15.0 Å². The molecule has 0 saturated carbocycles. The Morgan fingerprint density at radius 1 is 1.47 bits per heavy atom. The predicted octanol–water partition coefficient (Wildman–Crippen LogP) is 1.82. The topological polar surface area (TPSA) is 74.2 Å². The monoisotopic (exact) mass is 213 g/mol. The lowest BCUT2D eigenvalue weighted by Crippen LogP contribution is -2.17. The summed E-state index contributed by atoms with van der Waals surface area (Å²) in [6.07, 6.45) is 0.703. The predicted molar refractivity (Wildman–Crippen MR) is 56.1 cm³/mol. The standard InChI is InChI=1S/C10H19N3O2/c1-5-7(14-4)9-12-10(15-13-9)8(11)6(2)3/h6-8H,5,11H2,1-4H3/t7?,8-/m1/s1. The first kappa shape index (κ1) is 12.1. The van der Waals surface area contributed by atoms with Gasteiger partial charge in [-0.05, 0) is 12.3 Å². The summed E-state index contributed by atoms with van der Waals surface area (Å²) >= 11 is 0. The second kappa shape index (κ2) is 5.23. The average molecular weight is 213 g/mol. The molecule has 1 aromatic heterocycles. The van der Waals surface area contributed by atoms with Crippen molar-refractivity contribution >= 4 is 0 Å². The highest BCUT2D eigenvalue weighted by molar-refractivity contribution is 4.95. The average Bonchev–Trinajstić information content (AvgIpc) is 2.67. The number of nitrogens with zero attached hydrogens (tertiary/aromatic N) is 2. The number of hydrogen-bond acceptors (Lipinski definition) is 5. The van der Waals surface area contributed by atoms with E-state index in [0.29, 0.717) is 11.7 Å². The maximum atomic E-state index is 5.90. The van der Waals surface area contributed by atoms with Crippen LogP contribution in [0.15, 0.2) is 4.52 Å². The number of methoxy groups -OCH3 is 1. The molecule has 0 radical (unpaired) electrons. The fraction of sp³-hybridized carbons (Fsp3) is 0.800. The van der Waals surface area contributed by atoms with E-state index < -0.39 is 0 Å². The Labute approximate surface area is 90.0 Å². The summed E-state index contributed by atoms with van der Waals surface area (Å²) in [5.74, 6) is 1.34. The molecule has 1 unspecified atom stereocenters.